The molecule has 0 radical (unpaired) electrons. The summed E-state index contributed by atoms with van der Waals surface area (Å²) in [6.07, 6.45) is 1.86. The number of nitrogens with zero attached hydrogens (tertiary/aromatic N) is 4. The third kappa shape index (κ3) is 4.95. The number of aliphatic hydroxyl groups excluding tert-OH is 1. The van der Waals surface area contributed by atoms with Crippen LogP contribution in [0.2, 0.25) is 5.02 Å². The monoisotopic (exact) mass is 512 g/mol. The molecule has 0 amide bonds. The van der Waals surface area contributed by atoms with Crippen molar-refractivity contribution in [3.63, 3.8) is 0 Å². The normalized spacial score (nSPS) is 12.4. The predicted molar refractivity (Wildman–Crippen MR) is 148 cm³/mol. The molecular formula is C30H29ClN4O2. The van der Waals surface area contributed by atoms with E-state index >= 15 is 0 Å². The summed E-state index contributed by atoms with van der Waals surface area (Å²) in [7, 11) is 0. The average Bonchev–Trinajstić information content (AvgIpc) is 3.31. The van der Waals surface area contributed by atoms with E-state index in [4.69, 9.17) is 21.6 Å². The topological polar surface area (TPSA) is 72.9 Å². The minimum Gasteiger partial charge on any atom is -0.390 e. The van der Waals surface area contributed by atoms with E-state index in [-0.39, 0.29) is 24.1 Å². The third-order valence-corrected chi connectivity index (χ3v) is 6.82. The lowest BCUT2D eigenvalue weighted by atomic mass is 10.0. The minimum atomic E-state index is -0.330. The van der Waals surface area contributed by atoms with Crippen LogP contribution in [-0.2, 0) is 13.2 Å². The van der Waals surface area contributed by atoms with Gasteiger partial charge in [-0.25, -0.2) is 9.97 Å². The van der Waals surface area contributed by atoms with Crippen LogP contribution in [0.25, 0.3) is 22.3 Å². The highest BCUT2D eigenvalue weighted by atomic mass is 35.5. The Balaban J connectivity index is 1.78. The Morgan fingerprint density at radius 2 is 1.70 bits per heavy atom. The Labute approximate surface area is 220 Å². The molecule has 0 aliphatic rings. The van der Waals surface area contributed by atoms with Crippen LogP contribution >= 0.6 is 11.6 Å². The van der Waals surface area contributed by atoms with Crippen LogP contribution in [0.15, 0.2) is 83.8 Å². The standard InChI is InChI=1S/C30H29ClN4O2/c1-19(2)27(34-17-24(18-36)32-28(34)22-11-9-20(3)10-12-22)29-33-26-15-23(31)13-14-25(26)30(37)35(29)16-21-7-5-4-6-8-21/h4-15,17,19,27,36H,16,18H2,1-3H3. The van der Waals surface area contributed by atoms with E-state index in [1.54, 1.807) is 22.8 Å². The molecule has 0 saturated carbocycles. The van der Waals surface area contributed by atoms with E-state index in [9.17, 15) is 9.90 Å². The van der Waals surface area contributed by atoms with E-state index in [0.717, 1.165) is 22.5 Å². The van der Waals surface area contributed by atoms with Gasteiger partial charge in [-0.3, -0.25) is 9.36 Å². The van der Waals surface area contributed by atoms with Crippen LogP contribution < -0.4 is 5.56 Å². The molecule has 37 heavy (non-hydrogen) atoms. The van der Waals surface area contributed by atoms with Crippen molar-refractivity contribution in [3.8, 4) is 11.4 Å². The number of imidazole rings is 1. The molecule has 0 fully saturated rings. The molecule has 188 valence electrons. The number of aliphatic hydroxyl groups is 1. The van der Waals surface area contributed by atoms with Gasteiger partial charge < -0.3 is 9.67 Å². The van der Waals surface area contributed by atoms with E-state index in [0.29, 0.717) is 34.0 Å². The Morgan fingerprint density at radius 1 is 0.973 bits per heavy atom. The second-order valence-corrected chi connectivity index (χ2v) is 10.1. The van der Waals surface area contributed by atoms with Gasteiger partial charge in [0, 0.05) is 16.8 Å². The molecule has 0 spiro atoms. The number of aromatic nitrogens is 4. The van der Waals surface area contributed by atoms with Crippen molar-refractivity contribution >= 4 is 22.5 Å². The van der Waals surface area contributed by atoms with E-state index in [1.165, 1.54) is 0 Å². The quantitative estimate of drug-likeness (QED) is 0.290. The summed E-state index contributed by atoms with van der Waals surface area (Å²) in [5.74, 6) is 1.39. The second-order valence-electron chi connectivity index (χ2n) is 9.68. The SMILES string of the molecule is Cc1ccc(-c2nc(CO)cn2C(c2nc3cc(Cl)ccc3c(=O)n2Cc2ccccc2)C(C)C)cc1. The maximum atomic E-state index is 13.9. The molecule has 7 heteroatoms. The highest BCUT2D eigenvalue weighted by Crippen LogP contribution is 2.32. The fourth-order valence-electron chi connectivity index (χ4n) is 4.75. The first-order valence-corrected chi connectivity index (χ1v) is 12.7. The molecule has 5 aromatic rings. The molecule has 0 aliphatic carbocycles. The first-order valence-electron chi connectivity index (χ1n) is 12.3. The number of halogens is 1. The van der Waals surface area contributed by atoms with Crippen molar-refractivity contribution in [2.75, 3.05) is 0 Å². The zero-order valence-electron chi connectivity index (χ0n) is 21.1. The summed E-state index contributed by atoms with van der Waals surface area (Å²) in [4.78, 5) is 23.7. The molecule has 2 aromatic heterocycles. The zero-order valence-corrected chi connectivity index (χ0v) is 21.9. The Morgan fingerprint density at radius 3 is 2.38 bits per heavy atom. The summed E-state index contributed by atoms with van der Waals surface area (Å²) in [5, 5.41) is 11.0. The van der Waals surface area contributed by atoms with Crippen LogP contribution in [0.3, 0.4) is 0 Å². The van der Waals surface area contributed by atoms with E-state index in [1.807, 2.05) is 72.3 Å². The molecule has 0 bridgehead atoms. The number of hydrogen-bond donors (Lipinski definition) is 1. The van der Waals surface area contributed by atoms with Gasteiger partial charge in [0.2, 0.25) is 0 Å². The molecule has 1 N–H and O–H groups in total. The van der Waals surface area contributed by atoms with Crippen LogP contribution in [0, 0.1) is 12.8 Å². The van der Waals surface area contributed by atoms with Gasteiger partial charge in [0.1, 0.15) is 11.6 Å². The molecule has 0 aliphatic heterocycles. The van der Waals surface area contributed by atoms with Crippen molar-refractivity contribution in [3.05, 3.63) is 117 Å². The fraction of sp³-hybridized carbons (Fsp3) is 0.233. The van der Waals surface area contributed by atoms with E-state index < -0.39 is 0 Å². The van der Waals surface area contributed by atoms with Gasteiger partial charge in [0.05, 0.1) is 35.8 Å². The van der Waals surface area contributed by atoms with Crippen molar-refractivity contribution in [2.24, 2.45) is 5.92 Å². The highest BCUT2D eigenvalue weighted by molar-refractivity contribution is 6.31. The van der Waals surface area contributed by atoms with Gasteiger partial charge in [-0.15, -0.1) is 0 Å². The van der Waals surface area contributed by atoms with Crippen molar-refractivity contribution < 1.29 is 5.11 Å². The molecule has 1 unspecified atom stereocenters. The molecule has 3 aromatic carbocycles. The first-order chi connectivity index (χ1) is 17.9. The summed E-state index contributed by atoms with van der Waals surface area (Å²) in [5.41, 5.74) is 4.07. The molecular weight excluding hydrogens is 484 g/mol. The summed E-state index contributed by atoms with van der Waals surface area (Å²) < 4.78 is 3.80. The number of rotatable bonds is 7. The Bertz CT molecular complexity index is 1610. The van der Waals surface area contributed by atoms with Crippen LogP contribution in [0.4, 0.5) is 0 Å². The summed E-state index contributed by atoms with van der Waals surface area (Å²) >= 11 is 6.30. The molecule has 0 saturated heterocycles. The zero-order chi connectivity index (χ0) is 26.1. The smallest absolute Gasteiger partial charge is 0.261 e. The second kappa shape index (κ2) is 10.3. The van der Waals surface area contributed by atoms with Crippen molar-refractivity contribution in [2.45, 2.75) is 40.0 Å². The lowest BCUT2D eigenvalue weighted by Crippen LogP contribution is -2.31. The molecule has 1 atom stereocenters. The van der Waals surface area contributed by atoms with Crippen LogP contribution in [0.1, 0.15) is 42.5 Å². The molecule has 2 heterocycles. The number of benzene rings is 3. The third-order valence-electron chi connectivity index (χ3n) is 6.58. The van der Waals surface area contributed by atoms with Gasteiger partial charge in [-0.1, -0.05) is 85.6 Å². The predicted octanol–water partition coefficient (Wildman–Crippen LogP) is 6.01. The van der Waals surface area contributed by atoms with Gasteiger partial charge in [-0.05, 0) is 36.6 Å². The van der Waals surface area contributed by atoms with Gasteiger partial charge in [-0.2, -0.15) is 0 Å². The summed E-state index contributed by atoms with van der Waals surface area (Å²) in [6, 6.07) is 22.9. The van der Waals surface area contributed by atoms with Crippen LogP contribution in [-0.4, -0.2) is 24.2 Å². The van der Waals surface area contributed by atoms with Crippen LogP contribution in [0.5, 0.6) is 0 Å². The maximum Gasteiger partial charge on any atom is 0.261 e. The highest BCUT2D eigenvalue weighted by Gasteiger charge is 2.28. The molecule has 6 nitrogen and oxygen atoms in total. The Hall–Kier alpha value is -3.74. The number of hydrogen-bond acceptors (Lipinski definition) is 4. The van der Waals surface area contributed by atoms with Crippen molar-refractivity contribution in [1.29, 1.82) is 0 Å². The first kappa shape index (κ1) is 24.9. The number of fused-ring (bicyclic) bond motifs is 1. The van der Waals surface area contributed by atoms with Gasteiger partial charge in [0.25, 0.3) is 5.56 Å². The lowest BCUT2D eigenvalue weighted by molar-refractivity contribution is 0.277. The minimum absolute atomic E-state index is 0.0514. The lowest BCUT2D eigenvalue weighted by Gasteiger charge is -2.27. The maximum absolute atomic E-state index is 13.9. The fourth-order valence-corrected chi connectivity index (χ4v) is 4.91. The molecule has 5 rings (SSSR count). The summed E-state index contributed by atoms with van der Waals surface area (Å²) in [6.45, 7) is 6.44. The number of aryl methyl sites for hydroxylation is 1. The largest absolute Gasteiger partial charge is 0.390 e. The van der Waals surface area contributed by atoms with Gasteiger partial charge in [0.15, 0.2) is 0 Å². The van der Waals surface area contributed by atoms with E-state index in [2.05, 4.69) is 13.8 Å². The Kier molecular flexibility index (Phi) is 6.96. The average molecular weight is 513 g/mol. The van der Waals surface area contributed by atoms with Crippen molar-refractivity contribution in [1.82, 2.24) is 19.1 Å². The van der Waals surface area contributed by atoms with Gasteiger partial charge >= 0.3 is 0 Å².